The average Bonchev–Trinajstić information content (AvgIpc) is 2.14. The molecule has 0 saturated carbocycles. The molecule has 0 bridgehead atoms. The molecule has 0 aliphatic heterocycles. The van der Waals surface area contributed by atoms with Crippen molar-refractivity contribution in [1.82, 2.24) is 0 Å². The molecule has 0 spiro atoms. The Morgan fingerprint density at radius 2 is 1.23 bits per heavy atom. The number of hydrogen-bond acceptors (Lipinski definition) is 3. The summed E-state index contributed by atoms with van der Waals surface area (Å²) in [6.45, 7) is 1.99. The molecular weight excluding hydrogens is 162 g/mol. The van der Waals surface area contributed by atoms with Crippen LogP contribution in [0.4, 0.5) is 0 Å². The molecule has 0 rings (SSSR count). The molecule has 0 aliphatic rings. The van der Waals surface area contributed by atoms with Crippen molar-refractivity contribution in [2.24, 2.45) is 11.8 Å². The highest BCUT2D eigenvalue weighted by Crippen LogP contribution is 2.24. The van der Waals surface area contributed by atoms with Crippen LogP contribution in [-0.2, 0) is 0 Å². The van der Waals surface area contributed by atoms with Gasteiger partial charge in [0.1, 0.15) is 0 Å². The molecule has 0 aromatic heterocycles. The molecule has 0 N–H and O–H groups in total. The van der Waals surface area contributed by atoms with Crippen LogP contribution in [0.15, 0.2) is 0 Å². The summed E-state index contributed by atoms with van der Waals surface area (Å²) in [6.07, 6.45) is 2.08. The first-order valence-electron chi connectivity index (χ1n) is 4.40. The number of nitrogens with zero attached hydrogens (tertiary/aromatic N) is 3. The van der Waals surface area contributed by atoms with Crippen molar-refractivity contribution in [1.29, 1.82) is 15.8 Å². The Balaban J connectivity index is 4.25. The molecule has 0 saturated heterocycles. The summed E-state index contributed by atoms with van der Waals surface area (Å²) < 4.78 is 0. The maximum atomic E-state index is 8.54. The van der Waals surface area contributed by atoms with Crippen molar-refractivity contribution in [3.63, 3.8) is 0 Å². The lowest BCUT2D eigenvalue weighted by molar-refractivity contribution is 0.337. The third kappa shape index (κ3) is 4.14. The Labute approximate surface area is 79.2 Å². The second kappa shape index (κ2) is 7.14. The molecule has 0 radical (unpaired) electrons. The van der Waals surface area contributed by atoms with E-state index in [1.165, 1.54) is 0 Å². The molecule has 0 aromatic carbocycles. The summed E-state index contributed by atoms with van der Waals surface area (Å²) in [5.41, 5.74) is 0. The van der Waals surface area contributed by atoms with E-state index in [4.69, 9.17) is 15.8 Å². The summed E-state index contributed by atoms with van der Waals surface area (Å²) in [4.78, 5) is 0. The van der Waals surface area contributed by atoms with Crippen molar-refractivity contribution >= 4 is 0 Å². The van der Waals surface area contributed by atoms with Crippen LogP contribution in [0, 0.1) is 45.8 Å². The van der Waals surface area contributed by atoms with E-state index in [1.807, 2.05) is 6.92 Å². The molecule has 0 aliphatic carbocycles. The largest absolute Gasteiger partial charge is 0.198 e. The van der Waals surface area contributed by atoms with E-state index in [1.54, 1.807) is 0 Å². The Kier molecular flexibility index (Phi) is 6.30. The predicted octanol–water partition coefficient (Wildman–Crippen LogP) is 2.37. The van der Waals surface area contributed by atoms with Gasteiger partial charge in [-0.25, -0.2) is 0 Å². The van der Waals surface area contributed by atoms with Gasteiger partial charge in [-0.1, -0.05) is 13.3 Å². The third-order valence-electron chi connectivity index (χ3n) is 2.25. The molecule has 1 unspecified atom stereocenters. The van der Waals surface area contributed by atoms with Gasteiger partial charge in [0.15, 0.2) is 0 Å². The van der Waals surface area contributed by atoms with Crippen LogP contribution in [0.25, 0.3) is 0 Å². The zero-order valence-electron chi connectivity index (χ0n) is 7.82. The van der Waals surface area contributed by atoms with Gasteiger partial charge in [0, 0.05) is 19.3 Å². The zero-order chi connectivity index (χ0) is 10.1. The lowest BCUT2D eigenvalue weighted by Crippen LogP contribution is -2.12. The van der Waals surface area contributed by atoms with Crippen molar-refractivity contribution in [3.8, 4) is 18.2 Å². The van der Waals surface area contributed by atoms with Gasteiger partial charge in [0.25, 0.3) is 0 Å². The van der Waals surface area contributed by atoms with Crippen LogP contribution in [0.2, 0.25) is 0 Å². The summed E-state index contributed by atoms with van der Waals surface area (Å²) in [7, 11) is 0. The minimum absolute atomic E-state index is 0.0691. The summed E-state index contributed by atoms with van der Waals surface area (Å²) in [5.74, 6) is 0.268. The Morgan fingerprint density at radius 1 is 0.846 bits per heavy atom. The van der Waals surface area contributed by atoms with Gasteiger partial charge in [0.05, 0.1) is 18.2 Å². The molecule has 3 heteroatoms. The fraction of sp³-hybridized carbons (Fsp3) is 0.700. The normalized spacial score (nSPS) is 11.3. The first-order chi connectivity index (χ1) is 6.29. The Bertz CT molecular complexity index is 235. The topological polar surface area (TPSA) is 71.4 Å². The maximum absolute atomic E-state index is 8.54. The summed E-state index contributed by atoms with van der Waals surface area (Å²) >= 11 is 0. The highest BCUT2D eigenvalue weighted by Gasteiger charge is 2.19. The number of nitriles is 3. The zero-order valence-corrected chi connectivity index (χ0v) is 7.82. The van der Waals surface area contributed by atoms with Crippen molar-refractivity contribution in [2.45, 2.75) is 32.6 Å². The summed E-state index contributed by atoms with van der Waals surface area (Å²) in [6, 6.07) is 6.23. The van der Waals surface area contributed by atoms with E-state index >= 15 is 0 Å². The van der Waals surface area contributed by atoms with Gasteiger partial charge in [-0.3, -0.25) is 0 Å². The minimum Gasteiger partial charge on any atom is -0.198 e. The van der Waals surface area contributed by atoms with Crippen molar-refractivity contribution in [2.75, 3.05) is 0 Å². The fourth-order valence-electron chi connectivity index (χ4n) is 1.40. The van der Waals surface area contributed by atoms with E-state index in [9.17, 15) is 0 Å². The highest BCUT2D eigenvalue weighted by atomic mass is 14.3. The van der Waals surface area contributed by atoms with Crippen LogP contribution < -0.4 is 0 Å². The average molecular weight is 175 g/mol. The van der Waals surface area contributed by atoms with Crippen molar-refractivity contribution < 1.29 is 0 Å². The van der Waals surface area contributed by atoms with E-state index in [0.29, 0.717) is 19.3 Å². The molecular formula is C10H13N3. The van der Waals surface area contributed by atoms with E-state index in [0.717, 1.165) is 6.42 Å². The first kappa shape index (κ1) is 11.5. The van der Waals surface area contributed by atoms with Gasteiger partial charge in [0.2, 0.25) is 0 Å². The SMILES string of the molecule is CCC(CC#N)C(CC#N)CC#N. The maximum Gasteiger partial charge on any atom is 0.0625 e. The second-order valence-electron chi connectivity index (χ2n) is 3.02. The lowest BCUT2D eigenvalue weighted by Gasteiger charge is -2.18. The van der Waals surface area contributed by atoms with Gasteiger partial charge < -0.3 is 0 Å². The van der Waals surface area contributed by atoms with Crippen LogP contribution in [0.3, 0.4) is 0 Å². The molecule has 68 valence electrons. The van der Waals surface area contributed by atoms with Gasteiger partial charge >= 0.3 is 0 Å². The van der Waals surface area contributed by atoms with E-state index in [2.05, 4.69) is 18.2 Å². The molecule has 0 amide bonds. The molecule has 1 atom stereocenters. The standard InChI is InChI=1S/C10H13N3/c1-2-9(3-6-11)10(4-7-12)5-8-13/h9-10H,2-5H2,1H3. The van der Waals surface area contributed by atoms with Gasteiger partial charge in [-0.2, -0.15) is 15.8 Å². The molecule has 0 fully saturated rings. The monoisotopic (exact) mass is 175 g/mol. The Hall–Kier alpha value is -1.53. The number of hydrogen-bond donors (Lipinski definition) is 0. The molecule has 0 aromatic rings. The van der Waals surface area contributed by atoms with Crippen LogP contribution in [-0.4, -0.2) is 0 Å². The van der Waals surface area contributed by atoms with Gasteiger partial charge in [-0.05, 0) is 11.8 Å². The van der Waals surface area contributed by atoms with E-state index in [-0.39, 0.29) is 11.8 Å². The summed E-state index contributed by atoms with van der Waals surface area (Å²) in [5, 5.41) is 25.6. The quantitative estimate of drug-likeness (QED) is 0.643. The number of rotatable bonds is 5. The third-order valence-corrected chi connectivity index (χ3v) is 2.25. The highest BCUT2D eigenvalue weighted by molar-refractivity contribution is 4.89. The molecule has 13 heavy (non-hydrogen) atoms. The smallest absolute Gasteiger partial charge is 0.0625 e. The van der Waals surface area contributed by atoms with Crippen LogP contribution >= 0.6 is 0 Å². The van der Waals surface area contributed by atoms with Gasteiger partial charge in [-0.15, -0.1) is 0 Å². The minimum atomic E-state index is 0.0691. The van der Waals surface area contributed by atoms with Crippen molar-refractivity contribution in [3.05, 3.63) is 0 Å². The van der Waals surface area contributed by atoms with E-state index < -0.39 is 0 Å². The van der Waals surface area contributed by atoms with Crippen LogP contribution in [0.5, 0.6) is 0 Å². The lowest BCUT2D eigenvalue weighted by atomic mass is 9.84. The van der Waals surface area contributed by atoms with Crippen LogP contribution in [0.1, 0.15) is 32.6 Å². The predicted molar refractivity (Wildman–Crippen MR) is 48.0 cm³/mol. The second-order valence-corrected chi connectivity index (χ2v) is 3.02. The fourth-order valence-corrected chi connectivity index (χ4v) is 1.40. The molecule has 0 heterocycles. The molecule has 3 nitrogen and oxygen atoms in total. The first-order valence-corrected chi connectivity index (χ1v) is 4.40. The Morgan fingerprint density at radius 3 is 1.54 bits per heavy atom.